The third kappa shape index (κ3) is 6.27. The Morgan fingerprint density at radius 3 is 2.06 bits per heavy atom. The monoisotopic (exact) mass is 415 g/mol. The van der Waals surface area contributed by atoms with Gasteiger partial charge in [0.1, 0.15) is 24.0 Å². The van der Waals surface area contributed by atoms with Gasteiger partial charge in [-0.05, 0) is 47.9 Å². The zero-order chi connectivity index (χ0) is 21.5. The summed E-state index contributed by atoms with van der Waals surface area (Å²) >= 11 is 0. The second-order valence-electron chi connectivity index (χ2n) is 7.70. The number of benzene rings is 3. The number of aryl methyl sites for hydroxylation is 1. The van der Waals surface area contributed by atoms with Crippen LogP contribution in [0.1, 0.15) is 28.2 Å². The van der Waals surface area contributed by atoms with Gasteiger partial charge in [0.25, 0.3) is 0 Å². The minimum Gasteiger partial charge on any atom is -0.489 e. The fourth-order valence-electron chi connectivity index (χ4n) is 3.46. The Bertz CT molecular complexity index is 1080. The van der Waals surface area contributed by atoms with Gasteiger partial charge in [-0.1, -0.05) is 54.6 Å². The highest BCUT2D eigenvalue weighted by Gasteiger charge is 2.11. The molecule has 0 aliphatic rings. The molecular weight excluding hydrogens is 389 g/mol. The highest BCUT2D eigenvalue weighted by atomic mass is 19.1. The van der Waals surface area contributed by atoms with Gasteiger partial charge in [-0.3, -0.25) is 4.90 Å². The first-order chi connectivity index (χ1) is 15.1. The average Bonchev–Trinajstić information content (AvgIpc) is 3.20. The summed E-state index contributed by atoms with van der Waals surface area (Å²) < 4.78 is 19.2. The summed E-state index contributed by atoms with van der Waals surface area (Å²) in [6, 6.07) is 25.0. The van der Waals surface area contributed by atoms with Gasteiger partial charge < -0.3 is 9.72 Å². The molecule has 0 spiro atoms. The summed E-state index contributed by atoms with van der Waals surface area (Å²) in [5.41, 5.74) is 4.42. The number of imidazole rings is 1. The van der Waals surface area contributed by atoms with Crippen molar-refractivity contribution < 1.29 is 9.13 Å². The first-order valence-corrected chi connectivity index (χ1v) is 10.4. The van der Waals surface area contributed by atoms with Crippen LogP contribution in [0.15, 0.2) is 85.1 Å². The second-order valence-corrected chi connectivity index (χ2v) is 7.70. The van der Waals surface area contributed by atoms with Crippen LogP contribution < -0.4 is 4.74 Å². The van der Waals surface area contributed by atoms with Gasteiger partial charge in [-0.25, -0.2) is 9.37 Å². The fraction of sp³-hybridized carbons (Fsp3) is 0.192. The molecule has 4 nitrogen and oxygen atoms in total. The summed E-state index contributed by atoms with van der Waals surface area (Å²) in [5.74, 6) is 1.55. The smallest absolute Gasteiger partial charge is 0.123 e. The van der Waals surface area contributed by atoms with Crippen LogP contribution in [0.2, 0.25) is 0 Å². The molecule has 0 fully saturated rings. The Balaban J connectivity index is 1.41. The maximum Gasteiger partial charge on any atom is 0.123 e. The summed E-state index contributed by atoms with van der Waals surface area (Å²) in [6.07, 6.45) is 1.84. The van der Waals surface area contributed by atoms with Crippen molar-refractivity contribution in [1.82, 2.24) is 14.9 Å². The van der Waals surface area contributed by atoms with Crippen LogP contribution in [0.25, 0.3) is 0 Å². The molecule has 3 aromatic carbocycles. The third-order valence-corrected chi connectivity index (χ3v) is 5.03. The minimum atomic E-state index is -0.219. The molecule has 0 amide bonds. The Labute approximate surface area is 182 Å². The predicted octanol–water partition coefficient (Wildman–Crippen LogP) is 5.64. The molecule has 4 aromatic rings. The normalized spacial score (nSPS) is 11.1. The SMILES string of the molecule is Cc1cnc(CN(Cc2ccc(F)cc2)Cc2ccc(OCc3ccccc3)cc2)[nH]1. The summed E-state index contributed by atoms with van der Waals surface area (Å²) in [5, 5.41) is 0. The van der Waals surface area contributed by atoms with Gasteiger partial charge in [0.2, 0.25) is 0 Å². The van der Waals surface area contributed by atoms with Crippen molar-refractivity contribution in [2.45, 2.75) is 33.2 Å². The van der Waals surface area contributed by atoms with Crippen LogP contribution in [0.5, 0.6) is 5.75 Å². The van der Waals surface area contributed by atoms with Gasteiger partial charge in [-0.15, -0.1) is 0 Å². The van der Waals surface area contributed by atoms with Crippen molar-refractivity contribution in [2.24, 2.45) is 0 Å². The summed E-state index contributed by atoms with van der Waals surface area (Å²) in [7, 11) is 0. The number of nitrogens with zero attached hydrogens (tertiary/aromatic N) is 2. The maximum atomic E-state index is 13.3. The zero-order valence-corrected chi connectivity index (χ0v) is 17.6. The molecule has 1 heterocycles. The fourth-order valence-corrected chi connectivity index (χ4v) is 3.46. The zero-order valence-electron chi connectivity index (χ0n) is 17.6. The van der Waals surface area contributed by atoms with E-state index in [1.807, 2.05) is 55.6 Å². The molecular formula is C26H26FN3O. The van der Waals surface area contributed by atoms with Crippen LogP contribution in [0.4, 0.5) is 4.39 Å². The van der Waals surface area contributed by atoms with Crippen molar-refractivity contribution >= 4 is 0 Å². The van der Waals surface area contributed by atoms with E-state index in [2.05, 4.69) is 39.1 Å². The standard InChI is InChI=1S/C26H26FN3O/c1-20-15-28-26(29-20)18-30(16-21-7-11-24(27)12-8-21)17-22-9-13-25(14-10-22)31-19-23-5-3-2-4-6-23/h2-15H,16-19H2,1H3,(H,28,29). The highest BCUT2D eigenvalue weighted by Crippen LogP contribution is 2.18. The average molecular weight is 416 g/mol. The number of hydrogen-bond acceptors (Lipinski definition) is 3. The van der Waals surface area contributed by atoms with Gasteiger partial charge >= 0.3 is 0 Å². The third-order valence-electron chi connectivity index (χ3n) is 5.03. The first kappa shape index (κ1) is 20.8. The Morgan fingerprint density at radius 2 is 1.45 bits per heavy atom. The van der Waals surface area contributed by atoms with E-state index in [1.54, 1.807) is 0 Å². The van der Waals surface area contributed by atoms with E-state index in [-0.39, 0.29) is 5.82 Å². The van der Waals surface area contributed by atoms with Crippen molar-refractivity contribution in [3.05, 3.63) is 119 Å². The summed E-state index contributed by atoms with van der Waals surface area (Å²) in [6.45, 7) is 4.67. The second kappa shape index (κ2) is 10.0. The van der Waals surface area contributed by atoms with Gasteiger partial charge in [-0.2, -0.15) is 0 Å². The Hall–Kier alpha value is -3.44. The predicted molar refractivity (Wildman–Crippen MR) is 120 cm³/mol. The van der Waals surface area contributed by atoms with Crippen LogP contribution in [0, 0.1) is 12.7 Å². The minimum absolute atomic E-state index is 0.219. The molecule has 5 heteroatoms. The van der Waals surface area contributed by atoms with Gasteiger partial charge in [0.15, 0.2) is 0 Å². The quantitative estimate of drug-likeness (QED) is 0.385. The van der Waals surface area contributed by atoms with Crippen molar-refractivity contribution in [2.75, 3.05) is 0 Å². The first-order valence-electron chi connectivity index (χ1n) is 10.4. The van der Waals surface area contributed by atoms with E-state index >= 15 is 0 Å². The van der Waals surface area contributed by atoms with E-state index in [0.29, 0.717) is 19.7 Å². The van der Waals surface area contributed by atoms with Crippen molar-refractivity contribution in [1.29, 1.82) is 0 Å². The number of aromatic nitrogens is 2. The molecule has 31 heavy (non-hydrogen) atoms. The number of ether oxygens (including phenoxy) is 1. The molecule has 0 unspecified atom stereocenters. The molecule has 4 rings (SSSR count). The van der Waals surface area contributed by atoms with Crippen molar-refractivity contribution in [3.63, 3.8) is 0 Å². The number of halogens is 1. The van der Waals surface area contributed by atoms with Gasteiger partial charge in [0.05, 0.1) is 6.54 Å². The molecule has 0 aliphatic heterocycles. The molecule has 0 saturated carbocycles. The number of rotatable bonds is 9. The number of H-pyrrole nitrogens is 1. The Kier molecular flexibility index (Phi) is 6.75. The van der Waals surface area contributed by atoms with Crippen molar-refractivity contribution in [3.8, 4) is 5.75 Å². The van der Waals surface area contributed by atoms with Gasteiger partial charge in [0, 0.05) is 25.0 Å². The Morgan fingerprint density at radius 1 is 0.806 bits per heavy atom. The molecule has 1 aromatic heterocycles. The van der Waals surface area contributed by atoms with Crippen LogP contribution in [-0.4, -0.2) is 14.9 Å². The lowest BCUT2D eigenvalue weighted by Gasteiger charge is -2.22. The molecule has 0 bridgehead atoms. The molecule has 0 atom stereocenters. The van der Waals surface area contributed by atoms with E-state index in [1.165, 1.54) is 17.7 Å². The topological polar surface area (TPSA) is 41.2 Å². The van der Waals surface area contributed by atoms with E-state index in [0.717, 1.165) is 34.9 Å². The number of hydrogen-bond donors (Lipinski definition) is 1. The largest absolute Gasteiger partial charge is 0.489 e. The van der Waals surface area contributed by atoms with E-state index in [4.69, 9.17) is 4.74 Å². The van der Waals surface area contributed by atoms with Crippen LogP contribution >= 0.6 is 0 Å². The lowest BCUT2D eigenvalue weighted by molar-refractivity contribution is 0.241. The highest BCUT2D eigenvalue weighted by molar-refractivity contribution is 5.28. The number of aromatic amines is 1. The van der Waals surface area contributed by atoms with E-state index < -0.39 is 0 Å². The molecule has 0 radical (unpaired) electrons. The lowest BCUT2D eigenvalue weighted by atomic mass is 10.1. The van der Waals surface area contributed by atoms with Crippen LogP contribution in [-0.2, 0) is 26.2 Å². The molecule has 0 aliphatic carbocycles. The van der Waals surface area contributed by atoms with Crippen LogP contribution in [0.3, 0.4) is 0 Å². The maximum absolute atomic E-state index is 13.3. The molecule has 1 N–H and O–H groups in total. The molecule has 158 valence electrons. The molecule has 0 saturated heterocycles. The lowest BCUT2D eigenvalue weighted by Crippen LogP contribution is -2.23. The summed E-state index contributed by atoms with van der Waals surface area (Å²) in [4.78, 5) is 10.0. The van der Waals surface area contributed by atoms with E-state index in [9.17, 15) is 4.39 Å². The number of nitrogens with one attached hydrogen (secondary N) is 1.